The Morgan fingerprint density at radius 1 is 1.39 bits per heavy atom. The van der Waals surface area contributed by atoms with Crippen LogP contribution in [0.3, 0.4) is 0 Å². The zero-order valence-electron chi connectivity index (χ0n) is 9.61. The molecule has 0 saturated carbocycles. The first kappa shape index (κ1) is 12.7. The minimum absolute atomic E-state index is 0.103. The minimum Gasteiger partial charge on any atom is -0.464 e. The Labute approximate surface area is 109 Å². The topological polar surface area (TPSA) is 67.4 Å². The van der Waals surface area contributed by atoms with Crippen LogP contribution in [0.15, 0.2) is 24.3 Å². The quantitative estimate of drug-likeness (QED) is 0.805. The molecule has 2 rings (SSSR count). The molecule has 1 saturated heterocycles. The monoisotopic (exact) mass is 268 g/mol. The second-order valence-corrected chi connectivity index (χ2v) is 4.37. The summed E-state index contributed by atoms with van der Waals surface area (Å²) in [5.74, 6) is -0.608. The van der Waals surface area contributed by atoms with E-state index in [0.717, 1.165) is 5.69 Å². The molecule has 1 heterocycles. The van der Waals surface area contributed by atoms with E-state index in [1.807, 2.05) is 0 Å². The highest BCUT2D eigenvalue weighted by Crippen LogP contribution is 2.13. The van der Waals surface area contributed by atoms with E-state index in [1.165, 1.54) is 0 Å². The molecule has 0 aromatic heterocycles. The Morgan fingerprint density at radius 2 is 2.11 bits per heavy atom. The number of halogens is 1. The van der Waals surface area contributed by atoms with Gasteiger partial charge in [-0.25, -0.2) is 4.79 Å². The number of carbonyl (C=O) groups excluding carboxylic acids is 2. The van der Waals surface area contributed by atoms with Crippen LogP contribution >= 0.6 is 11.6 Å². The first-order chi connectivity index (χ1) is 8.65. The molecule has 1 aliphatic heterocycles. The average Bonchev–Trinajstić information content (AvgIpc) is 2.74. The number of esters is 1. The third-order valence-electron chi connectivity index (χ3n) is 2.57. The highest BCUT2D eigenvalue weighted by molar-refractivity contribution is 6.30. The molecule has 2 N–H and O–H groups in total. The number of rotatable bonds is 4. The van der Waals surface area contributed by atoms with Gasteiger partial charge in [-0.05, 0) is 24.3 Å². The zero-order chi connectivity index (χ0) is 13.0. The molecule has 1 fully saturated rings. The average molecular weight is 269 g/mol. The third-order valence-corrected chi connectivity index (χ3v) is 2.82. The summed E-state index contributed by atoms with van der Waals surface area (Å²) in [6, 6.07) is 6.51. The maximum atomic E-state index is 11.6. The molecule has 1 aromatic carbocycles. The summed E-state index contributed by atoms with van der Waals surface area (Å²) >= 11 is 5.75. The van der Waals surface area contributed by atoms with Crippen LogP contribution in [0.4, 0.5) is 5.69 Å². The Morgan fingerprint density at radius 3 is 2.72 bits per heavy atom. The molecule has 1 atom stereocenters. The number of benzene rings is 1. The van der Waals surface area contributed by atoms with Crippen LogP contribution in [0.25, 0.3) is 0 Å². The predicted octanol–water partition coefficient (Wildman–Crippen LogP) is 1.18. The van der Waals surface area contributed by atoms with Gasteiger partial charge in [0, 0.05) is 17.1 Å². The molecule has 1 aliphatic rings. The first-order valence-corrected chi connectivity index (χ1v) is 5.98. The van der Waals surface area contributed by atoms with E-state index in [9.17, 15) is 9.59 Å². The zero-order valence-corrected chi connectivity index (χ0v) is 10.4. The van der Waals surface area contributed by atoms with Crippen molar-refractivity contribution in [2.24, 2.45) is 0 Å². The number of nitrogens with one attached hydrogen (secondary N) is 2. The van der Waals surface area contributed by atoms with Crippen molar-refractivity contribution in [1.29, 1.82) is 0 Å². The summed E-state index contributed by atoms with van der Waals surface area (Å²) < 4.78 is 4.75. The number of carbonyl (C=O) groups is 2. The molecule has 0 unspecified atom stereocenters. The fraction of sp³-hybridized carbons (Fsp3) is 0.333. The van der Waals surface area contributed by atoms with Gasteiger partial charge in [0.05, 0.1) is 13.2 Å². The second-order valence-electron chi connectivity index (χ2n) is 3.94. The lowest BCUT2D eigenvalue weighted by atomic mass is 10.2. The van der Waals surface area contributed by atoms with Crippen LogP contribution in [0.2, 0.25) is 5.02 Å². The SMILES string of the molecule is O=C(CNc1ccc(Cl)cc1)N[C@H]1CCOC1=O. The lowest BCUT2D eigenvalue weighted by molar-refractivity contribution is -0.141. The van der Waals surface area contributed by atoms with Crippen molar-refractivity contribution >= 4 is 29.2 Å². The maximum Gasteiger partial charge on any atom is 0.328 e. The van der Waals surface area contributed by atoms with Gasteiger partial charge in [-0.15, -0.1) is 0 Å². The van der Waals surface area contributed by atoms with Gasteiger partial charge in [0.2, 0.25) is 5.91 Å². The van der Waals surface area contributed by atoms with Crippen molar-refractivity contribution < 1.29 is 14.3 Å². The van der Waals surface area contributed by atoms with E-state index in [1.54, 1.807) is 24.3 Å². The summed E-state index contributed by atoms with van der Waals surface area (Å²) in [5.41, 5.74) is 0.795. The number of amides is 1. The van der Waals surface area contributed by atoms with Gasteiger partial charge in [-0.3, -0.25) is 4.79 Å². The van der Waals surface area contributed by atoms with Crippen molar-refractivity contribution in [2.75, 3.05) is 18.5 Å². The Kier molecular flexibility index (Phi) is 4.04. The Hall–Kier alpha value is -1.75. The van der Waals surface area contributed by atoms with Gasteiger partial charge in [0.25, 0.3) is 0 Å². The number of cyclic esters (lactones) is 1. The van der Waals surface area contributed by atoms with Crippen molar-refractivity contribution in [1.82, 2.24) is 5.32 Å². The molecule has 0 bridgehead atoms. The summed E-state index contributed by atoms with van der Waals surface area (Å²) in [6.45, 7) is 0.472. The fourth-order valence-corrected chi connectivity index (χ4v) is 1.75. The van der Waals surface area contributed by atoms with Crippen molar-refractivity contribution in [3.8, 4) is 0 Å². The molecule has 18 heavy (non-hydrogen) atoms. The van der Waals surface area contributed by atoms with Crippen LogP contribution in [0.1, 0.15) is 6.42 Å². The van der Waals surface area contributed by atoms with Crippen molar-refractivity contribution in [3.63, 3.8) is 0 Å². The van der Waals surface area contributed by atoms with E-state index in [4.69, 9.17) is 16.3 Å². The molecule has 1 amide bonds. The van der Waals surface area contributed by atoms with Crippen LogP contribution in [-0.2, 0) is 14.3 Å². The first-order valence-electron chi connectivity index (χ1n) is 5.60. The predicted molar refractivity (Wildman–Crippen MR) is 67.4 cm³/mol. The molecule has 6 heteroatoms. The highest BCUT2D eigenvalue weighted by Gasteiger charge is 2.27. The number of hydrogen-bond acceptors (Lipinski definition) is 4. The lowest BCUT2D eigenvalue weighted by Gasteiger charge is -2.10. The molecule has 5 nitrogen and oxygen atoms in total. The second kappa shape index (κ2) is 5.73. The summed E-state index contributed by atoms with van der Waals surface area (Å²) in [6.07, 6.45) is 0.533. The van der Waals surface area contributed by atoms with E-state index >= 15 is 0 Å². The van der Waals surface area contributed by atoms with Crippen LogP contribution in [-0.4, -0.2) is 31.1 Å². The molecule has 96 valence electrons. The summed E-state index contributed by atoms with van der Waals surface area (Å²) in [5, 5.41) is 6.18. The van der Waals surface area contributed by atoms with E-state index < -0.39 is 6.04 Å². The molecule has 0 radical (unpaired) electrons. The third kappa shape index (κ3) is 3.37. The largest absolute Gasteiger partial charge is 0.464 e. The standard InChI is InChI=1S/C12H13ClN2O3/c13-8-1-3-9(4-2-8)14-7-11(16)15-10-5-6-18-12(10)17/h1-4,10,14H,5-7H2,(H,15,16)/t10-/m0/s1. The lowest BCUT2D eigenvalue weighted by Crippen LogP contribution is -2.40. The van der Waals surface area contributed by atoms with Crippen molar-refractivity contribution in [3.05, 3.63) is 29.3 Å². The maximum absolute atomic E-state index is 11.6. The van der Waals surface area contributed by atoms with E-state index in [2.05, 4.69) is 10.6 Å². The van der Waals surface area contributed by atoms with Gasteiger partial charge in [-0.1, -0.05) is 11.6 Å². The van der Waals surface area contributed by atoms with E-state index in [-0.39, 0.29) is 18.4 Å². The number of anilines is 1. The summed E-state index contributed by atoms with van der Waals surface area (Å²) in [4.78, 5) is 22.7. The van der Waals surface area contributed by atoms with Gasteiger partial charge in [0.15, 0.2) is 0 Å². The van der Waals surface area contributed by atoms with Crippen molar-refractivity contribution in [2.45, 2.75) is 12.5 Å². The van der Waals surface area contributed by atoms with Crippen LogP contribution in [0, 0.1) is 0 Å². The normalized spacial score (nSPS) is 18.3. The highest BCUT2D eigenvalue weighted by atomic mass is 35.5. The number of hydrogen-bond donors (Lipinski definition) is 2. The van der Waals surface area contributed by atoms with Gasteiger partial charge in [0.1, 0.15) is 6.04 Å². The van der Waals surface area contributed by atoms with Gasteiger partial charge >= 0.3 is 5.97 Å². The van der Waals surface area contributed by atoms with Gasteiger partial charge in [-0.2, -0.15) is 0 Å². The smallest absolute Gasteiger partial charge is 0.328 e. The summed E-state index contributed by atoms with van der Waals surface area (Å²) in [7, 11) is 0. The molecule has 0 aliphatic carbocycles. The van der Waals surface area contributed by atoms with Crippen LogP contribution < -0.4 is 10.6 Å². The Balaban J connectivity index is 1.78. The molecule has 0 spiro atoms. The molecular weight excluding hydrogens is 256 g/mol. The molecular formula is C12H13ClN2O3. The molecule has 1 aromatic rings. The Bertz CT molecular complexity index is 447. The fourth-order valence-electron chi connectivity index (χ4n) is 1.62. The van der Waals surface area contributed by atoms with E-state index in [0.29, 0.717) is 18.1 Å². The van der Waals surface area contributed by atoms with Crippen LogP contribution in [0.5, 0.6) is 0 Å². The minimum atomic E-state index is -0.510. The van der Waals surface area contributed by atoms with Gasteiger partial charge < -0.3 is 15.4 Å². The number of ether oxygens (including phenoxy) is 1.